The molecule has 0 aromatic heterocycles. The summed E-state index contributed by atoms with van der Waals surface area (Å²) >= 11 is 0. The van der Waals surface area contributed by atoms with Gasteiger partial charge in [-0.05, 0) is 63.1 Å². The normalized spacial score (nSPS) is 24.6. The van der Waals surface area contributed by atoms with Crippen LogP contribution in [0.4, 0.5) is 11.4 Å². The summed E-state index contributed by atoms with van der Waals surface area (Å²) in [5.74, 6) is 0.257. The third kappa shape index (κ3) is 4.48. The predicted octanol–water partition coefficient (Wildman–Crippen LogP) is 3.36. The molecule has 3 atom stereocenters. The Hall–Kier alpha value is -3.11. The number of benzene rings is 2. The Morgan fingerprint density at radius 1 is 1.00 bits per heavy atom. The van der Waals surface area contributed by atoms with E-state index in [9.17, 15) is 18.0 Å². The zero-order chi connectivity index (χ0) is 24.7. The molecule has 2 aromatic carbocycles. The summed E-state index contributed by atoms with van der Waals surface area (Å²) < 4.78 is 38.7. The Morgan fingerprint density at radius 2 is 1.69 bits per heavy atom. The number of hydrogen-bond acceptors (Lipinski definition) is 6. The van der Waals surface area contributed by atoms with E-state index in [1.807, 2.05) is 13.8 Å². The van der Waals surface area contributed by atoms with Gasteiger partial charge in [0.15, 0.2) is 11.5 Å². The van der Waals surface area contributed by atoms with Gasteiger partial charge in [-0.1, -0.05) is 6.42 Å². The first-order valence-electron chi connectivity index (χ1n) is 11.9. The molecular weight excluding hydrogens is 470 g/mol. The first kappa shape index (κ1) is 23.6. The molecule has 2 amide bonds. The number of nitrogens with zero attached hydrogens (tertiary/aromatic N) is 2. The maximum absolute atomic E-state index is 13.2. The van der Waals surface area contributed by atoms with Crippen molar-refractivity contribution >= 4 is 33.2 Å². The molecule has 0 saturated carbocycles. The molecule has 10 heteroatoms. The summed E-state index contributed by atoms with van der Waals surface area (Å²) in [7, 11) is -3.62. The van der Waals surface area contributed by atoms with E-state index in [2.05, 4.69) is 5.32 Å². The second kappa shape index (κ2) is 9.16. The molecule has 0 radical (unpaired) electrons. The topological polar surface area (TPSA) is 105 Å². The van der Waals surface area contributed by atoms with E-state index in [0.29, 0.717) is 22.9 Å². The monoisotopic (exact) mass is 499 g/mol. The molecule has 35 heavy (non-hydrogen) atoms. The Kier molecular flexibility index (Phi) is 6.18. The number of anilines is 2. The maximum atomic E-state index is 13.2. The lowest BCUT2D eigenvalue weighted by Gasteiger charge is -2.37. The highest BCUT2D eigenvalue weighted by Crippen LogP contribution is 2.37. The minimum Gasteiger partial charge on any atom is -0.454 e. The van der Waals surface area contributed by atoms with E-state index < -0.39 is 15.9 Å². The van der Waals surface area contributed by atoms with Gasteiger partial charge in [-0.25, -0.2) is 8.42 Å². The highest BCUT2D eigenvalue weighted by molar-refractivity contribution is 7.89. The van der Waals surface area contributed by atoms with Crippen LogP contribution in [0.3, 0.4) is 0 Å². The van der Waals surface area contributed by atoms with Gasteiger partial charge in [0.25, 0.3) is 0 Å². The zero-order valence-electron chi connectivity index (χ0n) is 19.8. The third-order valence-electron chi connectivity index (χ3n) is 6.97. The van der Waals surface area contributed by atoms with E-state index in [0.717, 1.165) is 19.3 Å². The number of piperidine rings is 1. The number of fused-ring (bicyclic) bond motifs is 1. The summed E-state index contributed by atoms with van der Waals surface area (Å²) in [5, 5.41) is 2.82. The van der Waals surface area contributed by atoms with Crippen molar-refractivity contribution in [2.45, 2.75) is 56.5 Å². The molecule has 2 aromatic rings. The number of rotatable bonds is 5. The van der Waals surface area contributed by atoms with Crippen LogP contribution in [0.1, 0.15) is 39.5 Å². The fourth-order valence-corrected chi connectivity index (χ4v) is 7.02. The zero-order valence-corrected chi connectivity index (χ0v) is 20.6. The largest absolute Gasteiger partial charge is 0.454 e. The Labute approximate surface area is 205 Å². The fraction of sp³-hybridized carbons (Fsp3) is 0.440. The molecule has 1 N–H and O–H groups in total. The molecule has 3 heterocycles. The highest BCUT2D eigenvalue weighted by Gasteiger charge is 2.37. The molecule has 186 valence electrons. The molecule has 3 aliphatic heterocycles. The van der Waals surface area contributed by atoms with Crippen molar-refractivity contribution in [3.05, 3.63) is 42.5 Å². The maximum Gasteiger partial charge on any atom is 0.243 e. The lowest BCUT2D eigenvalue weighted by atomic mass is 10.0. The number of amides is 2. The second-order valence-electron chi connectivity index (χ2n) is 9.42. The van der Waals surface area contributed by atoms with E-state index in [-0.39, 0.29) is 48.6 Å². The van der Waals surface area contributed by atoms with Crippen molar-refractivity contribution in [1.82, 2.24) is 4.31 Å². The summed E-state index contributed by atoms with van der Waals surface area (Å²) in [6.07, 6.45) is 2.81. The second-order valence-corrected chi connectivity index (χ2v) is 11.3. The van der Waals surface area contributed by atoms with E-state index in [1.54, 1.807) is 39.5 Å². The fourth-order valence-electron chi connectivity index (χ4n) is 5.13. The predicted molar refractivity (Wildman–Crippen MR) is 130 cm³/mol. The minimum absolute atomic E-state index is 0.0456. The van der Waals surface area contributed by atoms with Crippen molar-refractivity contribution in [2.24, 2.45) is 5.92 Å². The molecule has 5 rings (SSSR count). The number of sulfonamides is 1. The van der Waals surface area contributed by atoms with Crippen molar-refractivity contribution < 1.29 is 27.5 Å². The van der Waals surface area contributed by atoms with Crippen LogP contribution in [0, 0.1) is 5.92 Å². The smallest absolute Gasteiger partial charge is 0.243 e. The molecule has 2 fully saturated rings. The molecular formula is C25H29N3O6S. The van der Waals surface area contributed by atoms with Crippen LogP contribution in [0.15, 0.2) is 47.4 Å². The number of nitrogens with one attached hydrogen (secondary N) is 1. The Morgan fingerprint density at radius 3 is 2.40 bits per heavy atom. The first-order chi connectivity index (χ1) is 16.7. The van der Waals surface area contributed by atoms with E-state index >= 15 is 0 Å². The van der Waals surface area contributed by atoms with Gasteiger partial charge >= 0.3 is 0 Å². The number of hydrogen-bond donors (Lipinski definition) is 1. The molecule has 3 aliphatic rings. The summed E-state index contributed by atoms with van der Waals surface area (Å²) in [6.45, 7) is 4.28. The lowest BCUT2D eigenvalue weighted by molar-refractivity contribution is -0.122. The Bertz CT molecular complexity index is 1240. The number of carbonyl (C=O) groups excluding carboxylic acids is 2. The van der Waals surface area contributed by atoms with Gasteiger partial charge in [0.2, 0.25) is 28.6 Å². The van der Waals surface area contributed by atoms with Crippen LogP contribution < -0.4 is 19.7 Å². The molecule has 2 saturated heterocycles. The van der Waals surface area contributed by atoms with Gasteiger partial charge in [-0.3, -0.25) is 9.59 Å². The standard InChI is InChI=1S/C25H29N3O6S/c1-16-4-3-5-17(2)28(16)35(31,32)21-9-6-19(7-10-21)26-25(30)18-12-24(29)27(14-18)20-8-11-22-23(13-20)34-15-33-22/h6-11,13,16-18H,3-5,12,14-15H2,1-2H3,(H,26,30). The molecule has 0 aliphatic carbocycles. The van der Waals surface area contributed by atoms with Crippen molar-refractivity contribution in [3.8, 4) is 11.5 Å². The van der Waals surface area contributed by atoms with Crippen LogP contribution in [0.5, 0.6) is 11.5 Å². The van der Waals surface area contributed by atoms with Crippen molar-refractivity contribution in [1.29, 1.82) is 0 Å². The summed E-state index contributed by atoms with van der Waals surface area (Å²) in [6, 6.07) is 11.4. The van der Waals surface area contributed by atoms with Crippen molar-refractivity contribution in [3.63, 3.8) is 0 Å². The number of ether oxygens (including phenoxy) is 2. The molecule has 0 spiro atoms. The minimum atomic E-state index is -3.62. The van der Waals surface area contributed by atoms with Gasteiger partial charge in [0.1, 0.15) is 0 Å². The quantitative estimate of drug-likeness (QED) is 0.676. The van der Waals surface area contributed by atoms with Gasteiger partial charge in [-0.2, -0.15) is 4.31 Å². The van der Waals surface area contributed by atoms with E-state index in [1.165, 1.54) is 12.1 Å². The number of carbonyl (C=O) groups is 2. The first-order valence-corrected chi connectivity index (χ1v) is 13.3. The molecule has 9 nitrogen and oxygen atoms in total. The van der Waals surface area contributed by atoms with Gasteiger partial charge < -0.3 is 19.7 Å². The van der Waals surface area contributed by atoms with Crippen LogP contribution in [-0.2, 0) is 19.6 Å². The molecule has 3 unspecified atom stereocenters. The average Bonchev–Trinajstić information content (AvgIpc) is 3.45. The van der Waals surface area contributed by atoms with Gasteiger partial charge in [-0.15, -0.1) is 0 Å². The van der Waals surface area contributed by atoms with E-state index in [4.69, 9.17) is 9.47 Å². The third-order valence-corrected chi connectivity index (χ3v) is 9.12. The lowest BCUT2D eigenvalue weighted by Crippen LogP contribution is -2.47. The Balaban J connectivity index is 1.25. The molecule has 0 bridgehead atoms. The summed E-state index contributed by atoms with van der Waals surface area (Å²) in [5.41, 5.74) is 1.15. The average molecular weight is 500 g/mol. The van der Waals surface area contributed by atoms with Gasteiger partial charge in [0.05, 0.1) is 10.8 Å². The summed E-state index contributed by atoms with van der Waals surface area (Å²) in [4.78, 5) is 27.3. The van der Waals surface area contributed by atoms with Gasteiger partial charge in [0, 0.05) is 42.5 Å². The van der Waals surface area contributed by atoms with Crippen LogP contribution in [-0.4, -0.2) is 50.0 Å². The van der Waals surface area contributed by atoms with Crippen molar-refractivity contribution in [2.75, 3.05) is 23.6 Å². The van der Waals surface area contributed by atoms with Crippen LogP contribution in [0.2, 0.25) is 0 Å². The van der Waals surface area contributed by atoms with Crippen LogP contribution in [0.25, 0.3) is 0 Å². The SMILES string of the molecule is CC1CCCC(C)N1S(=O)(=O)c1ccc(NC(=O)C2CC(=O)N(c3ccc4c(c3)OCO4)C2)cc1. The van der Waals surface area contributed by atoms with Crippen LogP contribution >= 0.6 is 0 Å². The highest BCUT2D eigenvalue weighted by atomic mass is 32.2.